The molecule has 0 bridgehead atoms. The molecule has 1 unspecified atom stereocenters. The Morgan fingerprint density at radius 3 is 2.25 bits per heavy atom. The summed E-state index contributed by atoms with van der Waals surface area (Å²) in [6.07, 6.45) is 4.79. The average Bonchev–Trinajstić information content (AvgIpc) is 2.24. The molecule has 1 atom stereocenters. The fraction of sp³-hybridized carbons (Fsp3) is 0.600. The topological polar surface area (TPSA) is 26.0 Å². The van der Waals surface area contributed by atoms with Gasteiger partial charge in [-0.15, -0.1) is 0 Å². The van der Waals surface area contributed by atoms with E-state index in [2.05, 4.69) is 51.1 Å². The van der Waals surface area contributed by atoms with Crippen LogP contribution in [0.15, 0.2) is 30.3 Å². The summed E-state index contributed by atoms with van der Waals surface area (Å²) in [6, 6.07) is 11.0. The average molecular weight is 219 g/mol. The zero-order chi connectivity index (χ0) is 12.0. The van der Waals surface area contributed by atoms with Gasteiger partial charge in [-0.2, -0.15) is 0 Å². The summed E-state index contributed by atoms with van der Waals surface area (Å²) in [5.74, 6) is 0. The van der Waals surface area contributed by atoms with Crippen LogP contribution >= 0.6 is 0 Å². The van der Waals surface area contributed by atoms with Gasteiger partial charge < -0.3 is 5.73 Å². The summed E-state index contributed by atoms with van der Waals surface area (Å²) in [4.78, 5) is 0. The highest BCUT2D eigenvalue weighted by Crippen LogP contribution is 2.21. The van der Waals surface area contributed by atoms with Crippen LogP contribution in [-0.2, 0) is 6.42 Å². The first-order chi connectivity index (χ1) is 7.50. The molecule has 2 N–H and O–H groups in total. The van der Waals surface area contributed by atoms with Crippen LogP contribution in [0.5, 0.6) is 0 Å². The third-order valence-corrected chi connectivity index (χ3v) is 3.19. The number of hydrogen-bond donors (Lipinski definition) is 1. The first kappa shape index (κ1) is 13.2. The van der Waals surface area contributed by atoms with E-state index >= 15 is 0 Å². The van der Waals surface area contributed by atoms with Crippen LogP contribution in [0.3, 0.4) is 0 Å². The third kappa shape index (κ3) is 4.80. The minimum Gasteiger partial charge on any atom is -0.327 e. The van der Waals surface area contributed by atoms with E-state index in [4.69, 9.17) is 5.73 Å². The highest BCUT2D eigenvalue weighted by Gasteiger charge is 2.19. The van der Waals surface area contributed by atoms with E-state index < -0.39 is 0 Å². The first-order valence-electron chi connectivity index (χ1n) is 6.29. The van der Waals surface area contributed by atoms with Crippen molar-refractivity contribution in [2.75, 3.05) is 0 Å². The second kappa shape index (κ2) is 6.05. The summed E-state index contributed by atoms with van der Waals surface area (Å²) >= 11 is 0. The maximum absolute atomic E-state index is 6.13. The van der Waals surface area contributed by atoms with Crippen molar-refractivity contribution in [2.24, 2.45) is 11.1 Å². The number of rotatable bonds is 5. The molecule has 0 saturated heterocycles. The number of unbranched alkanes of at least 4 members (excludes halogenated alkanes) is 1. The van der Waals surface area contributed by atoms with E-state index in [1.807, 2.05) is 0 Å². The lowest BCUT2D eigenvalue weighted by Gasteiger charge is -2.26. The molecule has 0 heterocycles. The lowest BCUT2D eigenvalue weighted by molar-refractivity contribution is 0.299. The van der Waals surface area contributed by atoms with Crippen molar-refractivity contribution in [1.29, 1.82) is 0 Å². The van der Waals surface area contributed by atoms with Gasteiger partial charge in [-0.25, -0.2) is 0 Å². The molecule has 0 radical (unpaired) electrons. The van der Waals surface area contributed by atoms with E-state index in [1.165, 1.54) is 24.8 Å². The fourth-order valence-electron chi connectivity index (χ4n) is 1.77. The van der Waals surface area contributed by atoms with Gasteiger partial charge in [0.2, 0.25) is 0 Å². The molecule has 1 nitrogen and oxygen atoms in total. The van der Waals surface area contributed by atoms with Crippen molar-refractivity contribution in [3.63, 3.8) is 0 Å². The van der Waals surface area contributed by atoms with E-state index in [0.717, 1.165) is 6.42 Å². The molecular formula is C15H25N. The normalized spacial score (nSPS) is 13.8. The molecule has 0 fully saturated rings. The molecular weight excluding hydrogens is 194 g/mol. The zero-order valence-electron chi connectivity index (χ0n) is 10.9. The molecule has 1 aromatic carbocycles. The van der Waals surface area contributed by atoms with E-state index in [9.17, 15) is 0 Å². The highest BCUT2D eigenvalue weighted by molar-refractivity contribution is 5.14. The maximum atomic E-state index is 6.13. The summed E-state index contributed by atoms with van der Waals surface area (Å²) in [6.45, 7) is 6.65. The van der Waals surface area contributed by atoms with Crippen LogP contribution in [0.2, 0.25) is 0 Å². The van der Waals surface area contributed by atoms with Crippen LogP contribution in [-0.4, -0.2) is 6.04 Å². The Kier molecular flexibility index (Phi) is 5.01. The predicted octanol–water partition coefficient (Wildman–Crippen LogP) is 3.77. The van der Waals surface area contributed by atoms with Gasteiger partial charge in [-0.1, -0.05) is 57.5 Å². The van der Waals surface area contributed by atoms with Crippen molar-refractivity contribution < 1.29 is 0 Å². The minimum atomic E-state index is 0.243. The maximum Gasteiger partial charge on any atom is 0.00876 e. The molecule has 0 aliphatic heterocycles. The van der Waals surface area contributed by atoms with Crippen LogP contribution < -0.4 is 5.73 Å². The van der Waals surface area contributed by atoms with Gasteiger partial charge in [0.1, 0.15) is 0 Å². The van der Waals surface area contributed by atoms with E-state index in [-0.39, 0.29) is 5.41 Å². The highest BCUT2D eigenvalue weighted by atomic mass is 14.7. The van der Waals surface area contributed by atoms with Gasteiger partial charge in [0, 0.05) is 6.04 Å². The number of hydrogen-bond acceptors (Lipinski definition) is 1. The summed E-state index contributed by atoms with van der Waals surface area (Å²) in [5.41, 5.74) is 7.81. The summed E-state index contributed by atoms with van der Waals surface area (Å²) in [7, 11) is 0. The monoisotopic (exact) mass is 219 g/mol. The quantitative estimate of drug-likeness (QED) is 0.749. The lowest BCUT2D eigenvalue weighted by atomic mass is 9.84. The molecule has 0 saturated carbocycles. The van der Waals surface area contributed by atoms with Crippen LogP contribution in [0.1, 0.15) is 45.6 Å². The predicted molar refractivity (Wildman–Crippen MR) is 71.4 cm³/mol. The lowest BCUT2D eigenvalue weighted by Crippen LogP contribution is -2.34. The Labute approximate surface area is 100 Å². The number of benzene rings is 1. The van der Waals surface area contributed by atoms with Gasteiger partial charge >= 0.3 is 0 Å². The molecule has 0 aromatic heterocycles. The molecule has 0 aliphatic carbocycles. The van der Waals surface area contributed by atoms with Crippen molar-refractivity contribution in [2.45, 2.75) is 52.5 Å². The Morgan fingerprint density at radius 1 is 1.06 bits per heavy atom. The van der Waals surface area contributed by atoms with E-state index in [1.54, 1.807) is 0 Å². The van der Waals surface area contributed by atoms with Crippen molar-refractivity contribution >= 4 is 0 Å². The van der Waals surface area contributed by atoms with Crippen LogP contribution in [0.25, 0.3) is 0 Å². The summed E-state index contributed by atoms with van der Waals surface area (Å²) in [5, 5.41) is 0. The Bertz CT molecular complexity index is 284. The molecule has 0 amide bonds. The molecule has 90 valence electrons. The second-order valence-electron chi connectivity index (χ2n) is 5.70. The number of nitrogens with two attached hydrogens (primary N) is 1. The molecule has 16 heavy (non-hydrogen) atoms. The van der Waals surface area contributed by atoms with Gasteiger partial charge in [0.25, 0.3) is 0 Å². The molecule has 1 rings (SSSR count). The third-order valence-electron chi connectivity index (χ3n) is 3.19. The number of aryl methyl sites for hydroxylation is 1. The SMILES string of the molecule is CC(C)(C)C(N)CCCCc1ccccc1. The van der Waals surface area contributed by atoms with Crippen LogP contribution in [0, 0.1) is 5.41 Å². The summed E-state index contributed by atoms with van der Waals surface area (Å²) < 4.78 is 0. The van der Waals surface area contributed by atoms with Crippen molar-refractivity contribution in [3.8, 4) is 0 Å². The Morgan fingerprint density at radius 2 is 1.69 bits per heavy atom. The Hall–Kier alpha value is -0.820. The van der Waals surface area contributed by atoms with Gasteiger partial charge in [-0.3, -0.25) is 0 Å². The molecule has 1 heteroatoms. The first-order valence-corrected chi connectivity index (χ1v) is 6.29. The second-order valence-corrected chi connectivity index (χ2v) is 5.70. The Balaban J connectivity index is 2.18. The zero-order valence-corrected chi connectivity index (χ0v) is 10.9. The van der Waals surface area contributed by atoms with Gasteiger partial charge in [-0.05, 0) is 30.2 Å². The van der Waals surface area contributed by atoms with Crippen molar-refractivity contribution in [3.05, 3.63) is 35.9 Å². The smallest absolute Gasteiger partial charge is 0.00876 e. The molecule has 1 aromatic rings. The van der Waals surface area contributed by atoms with Crippen molar-refractivity contribution in [1.82, 2.24) is 0 Å². The van der Waals surface area contributed by atoms with E-state index in [0.29, 0.717) is 6.04 Å². The minimum absolute atomic E-state index is 0.243. The standard InChI is InChI=1S/C15H25N/c1-15(2,3)14(16)12-8-7-11-13-9-5-4-6-10-13/h4-6,9-10,14H,7-8,11-12,16H2,1-3H3. The fourth-order valence-corrected chi connectivity index (χ4v) is 1.77. The largest absolute Gasteiger partial charge is 0.327 e. The van der Waals surface area contributed by atoms with Gasteiger partial charge in [0.05, 0.1) is 0 Å². The van der Waals surface area contributed by atoms with Gasteiger partial charge in [0.15, 0.2) is 0 Å². The molecule has 0 spiro atoms. The molecule has 0 aliphatic rings. The van der Waals surface area contributed by atoms with Crippen LogP contribution in [0.4, 0.5) is 0 Å².